The Morgan fingerprint density at radius 1 is 1.09 bits per heavy atom. The molecule has 0 saturated carbocycles. The van der Waals surface area contributed by atoms with E-state index < -0.39 is 17.7 Å². The van der Waals surface area contributed by atoms with Gasteiger partial charge in [-0.1, -0.05) is 31.2 Å². The molecule has 0 radical (unpaired) electrons. The summed E-state index contributed by atoms with van der Waals surface area (Å²) in [7, 11) is 1.50. The van der Waals surface area contributed by atoms with E-state index >= 15 is 0 Å². The van der Waals surface area contributed by atoms with Gasteiger partial charge in [0.15, 0.2) is 0 Å². The topological polar surface area (TPSA) is 88.5 Å². The van der Waals surface area contributed by atoms with Crippen LogP contribution in [-0.2, 0) is 14.3 Å². The van der Waals surface area contributed by atoms with Crippen LogP contribution in [0.3, 0.4) is 0 Å². The minimum absolute atomic E-state index is 0.0501. The van der Waals surface area contributed by atoms with E-state index in [4.69, 9.17) is 14.2 Å². The third-order valence-electron chi connectivity index (χ3n) is 6.31. The van der Waals surface area contributed by atoms with Gasteiger partial charge in [-0.05, 0) is 36.2 Å². The predicted molar refractivity (Wildman–Crippen MR) is 131 cm³/mol. The van der Waals surface area contributed by atoms with Crippen molar-refractivity contribution >= 4 is 17.4 Å². The smallest absolute Gasteiger partial charge is 0.295 e. The number of morpholine rings is 1. The molecule has 1 atom stereocenters. The number of ether oxygens (including phenoxy) is 3. The molecule has 2 fully saturated rings. The number of aliphatic hydroxyl groups excluding tert-OH is 1. The van der Waals surface area contributed by atoms with E-state index in [0.717, 1.165) is 19.5 Å². The highest BCUT2D eigenvalue weighted by atomic mass is 16.5. The van der Waals surface area contributed by atoms with E-state index in [9.17, 15) is 14.7 Å². The van der Waals surface area contributed by atoms with Gasteiger partial charge in [-0.3, -0.25) is 14.5 Å². The largest absolute Gasteiger partial charge is 0.507 e. The van der Waals surface area contributed by atoms with Gasteiger partial charge in [-0.2, -0.15) is 0 Å². The zero-order valence-electron chi connectivity index (χ0n) is 20.2. The van der Waals surface area contributed by atoms with Gasteiger partial charge < -0.3 is 24.2 Å². The summed E-state index contributed by atoms with van der Waals surface area (Å²) >= 11 is 0. The number of benzene rings is 2. The Morgan fingerprint density at radius 2 is 1.86 bits per heavy atom. The average molecular weight is 481 g/mol. The number of methoxy groups -OCH3 is 1. The molecule has 8 nitrogen and oxygen atoms in total. The zero-order valence-corrected chi connectivity index (χ0v) is 20.2. The van der Waals surface area contributed by atoms with Crippen molar-refractivity contribution in [1.29, 1.82) is 0 Å². The molecule has 35 heavy (non-hydrogen) atoms. The second-order valence-electron chi connectivity index (χ2n) is 8.57. The van der Waals surface area contributed by atoms with E-state index in [0.29, 0.717) is 55.5 Å². The zero-order chi connectivity index (χ0) is 24.8. The first kappa shape index (κ1) is 24.8. The van der Waals surface area contributed by atoms with Crippen LogP contribution in [0.15, 0.2) is 54.1 Å². The van der Waals surface area contributed by atoms with Crippen LogP contribution >= 0.6 is 0 Å². The van der Waals surface area contributed by atoms with E-state index in [2.05, 4.69) is 4.90 Å². The molecule has 0 spiro atoms. The minimum atomic E-state index is -0.744. The van der Waals surface area contributed by atoms with Crippen molar-refractivity contribution in [1.82, 2.24) is 9.80 Å². The molecule has 2 aliphatic rings. The number of ketones is 1. The number of aliphatic hydroxyl groups is 1. The first-order valence-corrected chi connectivity index (χ1v) is 12.0. The molecule has 2 aromatic carbocycles. The highest BCUT2D eigenvalue weighted by Gasteiger charge is 2.46. The van der Waals surface area contributed by atoms with Crippen LogP contribution in [0, 0.1) is 0 Å². The number of carbonyl (C=O) groups excluding carboxylic acids is 2. The van der Waals surface area contributed by atoms with E-state index in [1.165, 1.54) is 7.11 Å². The maximum atomic E-state index is 13.3. The van der Waals surface area contributed by atoms with Crippen molar-refractivity contribution in [2.45, 2.75) is 19.4 Å². The molecular formula is C27H32N2O6. The SMILES string of the molecule is CCCOc1cccc(C2/C(=C(\O)c3ccccc3OC)C(=O)C(=O)N2CCN2CCOCC2)c1. The standard InChI is InChI=1S/C27H32N2O6/c1-3-15-35-20-8-6-7-19(18-20)24-23(25(30)21-9-4-5-10-22(21)33-2)26(31)27(32)29(24)12-11-28-13-16-34-17-14-28/h4-10,18,24,30H,3,11-17H2,1-2H3/b25-23+. The minimum Gasteiger partial charge on any atom is -0.507 e. The molecule has 2 aromatic rings. The molecule has 186 valence electrons. The fourth-order valence-electron chi connectivity index (χ4n) is 4.51. The molecule has 8 heteroatoms. The van der Waals surface area contributed by atoms with Crippen molar-refractivity contribution in [2.24, 2.45) is 0 Å². The maximum Gasteiger partial charge on any atom is 0.295 e. The Hall–Kier alpha value is -3.36. The molecule has 4 rings (SSSR count). The molecule has 1 amide bonds. The number of amides is 1. The summed E-state index contributed by atoms with van der Waals surface area (Å²) in [5.74, 6) is -0.511. The number of para-hydroxylation sites is 1. The summed E-state index contributed by atoms with van der Waals surface area (Å²) in [4.78, 5) is 30.3. The molecule has 2 aliphatic heterocycles. The van der Waals surface area contributed by atoms with Crippen LogP contribution in [0.5, 0.6) is 11.5 Å². The third-order valence-corrected chi connectivity index (χ3v) is 6.31. The van der Waals surface area contributed by atoms with Crippen molar-refractivity contribution in [3.63, 3.8) is 0 Å². The van der Waals surface area contributed by atoms with Gasteiger partial charge in [0.1, 0.15) is 17.3 Å². The second-order valence-corrected chi connectivity index (χ2v) is 8.57. The van der Waals surface area contributed by atoms with E-state index in [1.54, 1.807) is 29.2 Å². The number of likely N-dealkylation sites (tertiary alicyclic amines) is 1. The Labute approximate surface area is 205 Å². The van der Waals surface area contributed by atoms with Crippen LogP contribution < -0.4 is 9.47 Å². The number of hydrogen-bond acceptors (Lipinski definition) is 7. The first-order valence-electron chi connectivity index (χ1n) is 12.0. The van der Waals surface area contributed by atoms with Gasteiger partial charge in [-0.25, -0.2) is 0 Å². The fourth-order valence-corrected chi connectivity index (χ4v) is 4.51. The quantitative estimate of drug-likeness (QED) is 0.335. The summed E-state index contributed by atoms with van der Waals surface area (Å²) in [6.07, 6.45) is 0.857. The fraction of sp³-hybridized carbons (Fsp3) is 0.407. The molecule has 1 unspecified atom stereocenters. The molecular weight excluding hydrogens is 448 g/mol. The Morgan fingerprint density at radius 3 is 2.60 bits per heavy atom. The van der Waals surface area contributed by atoms with Crippen LogP contribution in [-0.4, -0.2) is 79.7 Å². The summed E-state index contributed by atoms with van der Waals surface area (Å²) < 4.78 is 16.6. The lowest BCUT2D eigenvalue weighted by atomic mass is 9.95. The van der Waals surface area contributed by atoms with Crippen molar-refractivity contribution < 1.29 is 28.9 Å². The lowest BCUT2D eigenvalue weighted by Crippen LogP contribution is -2.42. The van der Waals surface area contributed by atoms with Gasteiger partial charge in [-0.15, -0.1) is 0 Å². The van der Waals surface area contributed by atoms with Crippen molar-refractivity contribution in [3.8, 4) is 11.5 Å². The lowest BCUT2D eigenvalue weighted by molar-refractivity contribution is -0.140. The number of carbonyl (C=O) groups is 2. The predicted octanol–water partition coefficient (Wildman–Crippen LogP) is 3.24. The van der Waals surface area contributed by atoms with Crippen molar-refractivity contribution in [3.05, 3.63) is 65.2 Å². The Kier molecular flexibility index (Phi) is 8.05. The summed E-state index contributed by atoms with van der Waals surface area (Å²) in [6.45, 7) is 6.37. The highest BCUT2D eigenvalue weighted by molar-refractivity contribution is 6.46. The molecule has 0 bridgehead atoms. The number of nitrogens with zero attached hydrogens (tertiary/aromatic N) is 2. The van der Waals surface area contributed by atoms with E-state index in [-0.39, 0.29) is 11.3 Å². The summed E-state index contributed by atoms with van der Waals surface area (Å²) in [6, 6.07) is 13.5. The highest BCUT2D eigenvalue weighted by Crippen LogP contribution is 2.41. The third kappa shape index (κ3) is 5.33. The monoisotopic (exact) mass is 480 g/mol. The Balaban J connectivity index is 1.76. The second kappa shape index (κ2) is 11.4. The average Bonchev–Trinajstić information content (AvgIpc) is 3.16. The van der Waals surface area contributed by atoms with Gasteiger partial charge >= 0.3 is 0 Å². The molecule has 0 aliphatic carbocycles. The van der Waals surface area contributed by atoms with Crippen LogP contribution in [0.25, 0.3) is 5.76 Å². The van der Waals surface area contributed by atoms with Crippen LogP contribution in [0.2, 0.25) is 0 Å². The maximum absolute atomic E-state index is 13.3. The number of hydrogen-bond donors (Lipinski definition) is 1. The van der Waals surface area contributed by atoms with Crippen LogP contribution in [0.4, 0.5) is 0 Å². The van der Waals surface area contributed by atoms with Gasteiger partial charge in [0.2, 0.25) is 0 Å². The first-order chi connectivity index (χ1) is 17.0. The van der Waals surface area contributed by atoms with Crippen molar-refractivity contribution in [2.75, 3.05) is 53.1 Å². The summed E-state index contributed by atoms with van der Waals surface area (Å²) in [5.41, 5.74) is 1.12. The molecule has 2 saturated heterocycles. The number of rotatable bonds is 9. The van der Waals surface area contributed by atoms with Gasteiger partial charge in [0.25, 0.3) is 11.7 Å². The van der Waals surface area contributed by atoms with Crippen LogP contribution in [0.1, 0.15) is 30.5 Å². The molecule has 0 aromatic heterocycles. The normalized spacial score (nSPS) is 20.3. The lowest BCUT2D eigenvalue weighted by Gasteiger charge is -2.31. The van der Waals surface area contributed by atoms with Gasteiger partial charge in [0.05, 0.1) is 44.1 Å². The van der Waals surface area contributed by atoms with E-state index in [1.807, 2.05) is 31.2 Å². The van der Waals surface area contributed by atoms with Gasteiger partial charge in [0, 0.05) is 26.2 Å². The molecule has 1 N–H and O–H groups in total. The number of Topliss-reactive ketones (excluding diaryl/α,β-unsaturated/α-hetero) is 1. The Bertz CT molecular complexity index is 1090. The molecule has 2 heterocycles. The summed E-state index contributed by atoms with van der Waals surface area (Å²) in [5, 5.41) is 11.3.